The number of imidazole rings is 1. The van der Waals surface area contributed by atoms with Gasteiger partial charge in [-0.1, -0.05) is 27.5 Å². The molecule has 0 amide bonds. The number of benzene rings is 1. The molecular formula is C11H7BrClN5O. The van der Waals surface area contributed by atoms with Crippen LogP contribution in [0.3, 0.4) is 0 Å². The average Bonchev–Trinajstić information content (AvgIpc) is 2.76. The lowest BCUT2D eigenvalue weighted by atomic mass is 10.2. The summed E-state index contributed by atoms with van der Waals surface area (Å²) < 4.78 is 0.855. The first-order valence-electron chi connectivity index (χ1n) is 5.25. The first-order valence-corrected chi connectivity index (χ1v) is 6.42. The highest BCUT2D eigenvalue weighted by Gasteiger charge is 2.12. The maximum Gasteiger partial charge on any atom is 0.278 e. The lowest BCUT2D eigenvalue weighted by molar-refractivity contribution is 1.17. The summed E-state index contributed by atoms with van der Waals surface area (Å²) in [6.07, 6.45) is 0. The van der Waals surface area contributed by atoms with Crippen LogP contribution in [-0.2, 0) is 0 Å². The molecule has 6 nitrogen and oxygen atoms in total. The van der Waals surface area contributed by atoms with Crippen LogP contribution in [0.1, 0.15) is 0 Å². The van der Waals surface area contributed by atoms with Crippen LogP contribution >= 0.6 is 27.5 Å². The second kappa shape index (κ2) is 4.36. The topological polar surface area (TPSA) is 100 Å². The standard InChI is InChI=1S/C11H7BrClN5O/c12-4-1-2-6(13)5(3-4)8-15-7-9(16-8)17-11(14)18-10(7)19/h1-3H,(H4,14,15,16,17,18,19). The van der Waals surface area contributed by atoms with Gasteiger partial charge < -0.3 is 10.7 Å². The largest absolute Gasteiger partial charge is 0.369 e. The van der Waals surface area contributed by atoms with Crippen LogP contribution in [0, 0.1) is 0 Å². The molecule has 2 heterocycles. The molecule has 3 rings (SSSR count). The molecule has 0 fully saturated rings. The summed E-state index contributed by atoms with van der Waals surface area (Å²) in [4.78, 5) is 25.2. The zero-order valence-electron chi connectivity index (χ0n) is 9.37. The molecule has 0 aliphatic rings. The Morgan fingerprint density at radius 1 is 1.26 bits per heavy atom. The predicted octanol–water partition coefficient (Wildman–Crippen LogP) is 2.31. The number of nitrogens with zero attached hydrogens (tertiary/aromatic N) is 2. The Bertz CT molecular complexity index is 841. The Labute approximate surface area is 120 Å². The second-order valence-corrected chi connectivity index (χ2v) is 5.18. The van der Waals surface area contributed by atoms with Gasteiger partial charge in [0.2, 0.25) is 5.95 Å². The third kappa shape index (κ3) is 2.11. The van der Waals surface area contributed by atoms with Gasteiger partial charge in [0.15, 0.2) is 11.2 Å². The van der Waals surface area contributed by atoms with Crippen LogP contribution in [0.2, 0.25) is 5.02 Å². The molecule has 19 heavy (non-hydrogen) atoms. The van der Waals surface area contributed by atoms with Gasteiger partial charge in [0.25, 0.3) is 5.56 Å². The van der Waals surface area contributed by atoms with Gasteiger partial charge in [-0.15, -0.1) is 0 Å². The minimum absolute atomic E-state index is 0.0240. The van der Waals surface area contributed by atoms with Gasteiger partial charge >= 0.3 is 0 Å². The maximum absolute atomic E-state index is 11.7. The maximum atomic E-state index is 11.7. The van der Waals surface area contributed by atoms with Gasteiger partial charge in [0.1, 0.15) is 5.82 Å². The van der Waals surface area contributed by atoms with E-state index in [2.05, 4.69) is 35.9 Å². The fraction of sp³-hybridized carbons (Fsp3) is 0. The van der Waals surface area contributed by atoms with Crippen molar-refractivity contribution in [3.05, 3.63) is 38.0 Å². The summed E-state index contributed by atoms with van der Waals surface area (Å²) in [6, 6.07) is 5.36. The lowest BCUT2D eigenvalue weighted by Crippen LogP contribution is -2.10. The predicted molar refractivity (Wildman–Crippen MR) is 77.1 cm³/mol. The molecule has 0 unspecified atom stereocenters. The molecule has 3 aromatic rings. The Kier molecular flexibility index (Phi) is 2.79. The number of fused-ring (bicyclic) bond motifs is 1. The van der Waals surface area contributed by atoms with E-state index in [1.165, 1.54) is 0 Å². The zero-order chi connectivity index (χ0) is 13.6. The molecule has 8 heteroatoms. The molecule has 4 N–H and O–H groups in total. The molecule has 0 aliphatic heterocycles. The van der Waals surface area contributed by atoms with Crippen molar-refractivity contribution in [3.63, 3.8) is 0 Å². The molecular weight excluding hydrogens is 334 g/mol. The molecule has 0 bridgehead atoms. The Morgan fingerprint density at radius 3 is 2.84 bits per heavy atom. The van der Waals surface area contributed by atoms with Crippen LogP contribution in [0.15, 0.2) is 27.5 Å². The van der Waals surface area contributed by atoms with E-state index in [1.54, 1.807) is 12.1 Å². The van der Waals surface area contributed by atoms with Gasteiger partial charge in [-0.05, 0) is 18.2 Å². The van der Waals surface area contributed by atoms with Gasteiger partial charge in [0, 0.05) is 10.0 Å². The summed E-state index contributed by atoms with van der Waals surface area (Å²) in [5, 5.41) is 0.520. The van der Waals surface area contributed by atoms with Crippen molar-refractivity contribution in [3.8, 4) is 11.4 Å². The second-order valence-electron chi connectivity index (χ2n) is 3.86. The van der Waals surface area contributed by atoms with Crippen molar-refractivity contribution in [2.45, 2.75) is 0 Å². The van der Waals surface area contributed by atoms with E-state index < -0.39 is 0 Å². The van der Waals surface area contributed by atoms with E-state index in [4.69, 9.17) is 17.3 Å². The first kappa shape index (κ1) is 12.2. The first-order chi connectivity index (χ1) is 9.04. The normalized spacial score (nSPS) is 11.1. The molecule has 0 aliphatic carbocycles. The van der Waals surface area contributed by atoms with Crippen molar-refractivity contribution in [2.75, 3.05) is 5.73 Å². The minimum Gasteiger partial charge on any atom is -0.369 e. The molecule has 96 valence electrons. The number of anilines is 1. The number of hydrogen-bond donors (Lipinski definition) is 3. The number of H-pyrrole nitrogens is 2. The van der Waals surface area contributed by atoms with Gasteiger partial charge in [-0.2, -0.15) is 4.98 Å². The number of hydrogen-bond acceptors (Lipinski definition) is 4. The lowest BCUT2D eigenvalue weighted by Gasteiger charge is -2.00. The minimum atomic E-state index is -0.368. The van der Waals surface area contributed by atoms with Crippen molar-refractivity contribution in [1.29, 1.82) is 0 Å². The number of aromatic nitrogens is 4. The van der Waals surface area contributed by atoms with E-state index in [0.717, 1.165) is 4.47 Å². The SMILES string of the molecule is Nc1nc2nc(-c3cc(Br)ccc3Cl)[nH]c2c(=O)[nH]1. The Hall–Kier alpha value is -1.86. The molecule has 2 aromatic heterocycles. The van der Waals surface area contributed by atoms with E-state index >= 15 is 0 Å². The highest BCUT2D eigenvalue weighted by Crippen LogP contribution is 2.29. The van der Waals surface area contributed by atoms with Crippen molar-refractivity contribution >= 4 is 44.6 Å². The number of nitrogen functional groups attached to an aromatic ring is 1. The Balaban J connectivity index is 2.29. The van der Waals surface area contributed by atoms with Crippen molar-refractivity contribution < 1.29 is 0 Å². The van der Waals surface area contributed by atoms with Crippen LogP contribution in [0.5, 0.6) is 0 Å². The van der Waals surface area contributed by atoms with E-state index in [0.29, 0.717) is 16.4 Å². The third-order valence-electron chi connectivity index (χ3n) is 2.56. The van der Waals surface area contributed by atoms with Crippen molar-refractivity contribution in [2.24, 2.45) is 0 Å². The average molecular weight is 341 g/mol. The monoisotopic (exact) mass is 339 g/mol. The number of nitrogens with two attached hydrogens (primary N) is 1. The van der Waals surface area contributed by atoms with Gasteiger partial charge in [0.05, 0.1) is 5.02 Å². The summed E-state index contributed by atoms with van der Waals surface area (Å²) >= 11 is 9.48. The number of aromatic amines is 2. The Morgan fingerprint density at radius 2 is 2.05 bits per heavy atom. The molecule has 0 saturated carbocycles. The molecule has 0 atom stereocenters. The summed E-state index contributed by atoms with van der Waals surface area (Å²) in [6.45, 7) is 0. The molecule has 1 aromatic carbocycles. The number of halogens is 2. The van der Waals surface area contributed by atoms with Crippen LogP contribution in [0.25, 0.3) is 22.6 Å². The van der Waals surface area contributed by atoms with Crippen LogP contribution < -0.4 is 11.3 Å². The summed E-state index contributed by atoms with van der Waals surface area (Å²) in [5.41, 5.74) is 6.30. The smallest absolute Gasteiger partial charge is 0.278 e. The van der Waals surface area contributed by atoms with Gasteiger partial charge in [-0.3, -0.25) is 9.78 Å². The van der Waals surface area contributed by atoms with E-state index in [1.807, 2.05) is 6.07 Å². The van der Waals surface area contributed by atoms with E-state index in [9.17, 15) is 4.79 Å². The van der Waals surface area contributed by atoms with Crippen molar-refractivity contribution in [1.82, 2.24) is 19.9 Å². The highest BCUT2D eigenvalue weighted by atomic mass is 79.9. The third-order valence-corrected chi connectivity index (χ3v) is 3.39. The fourth-order valence-corrected chi connectivity index (χ4v) is 2.30. The molecule has 0 radical (unpaired) electrons. The molecule has 0 spiro atoms. The number of rotatable bonds is 1. The fourth-order valence-electron chi connectivity index (χ4n) is 1.73. The quantitative estimate of drug-likeness (QED) is 0.633. The molecule has 0 saturated heterocycles. The van der Waals surface area contributed by atoms with Gasteiger partial charge in [-0.25, -0.2) is 4.98 Å². The summed E-state index contributed by atoms with van der Waals surface area (Å²) in [7, 11) is 0. The van der Waals surface area contributed by atoms with Crippen LogP contribution in [0.4, 0.5) is 5.95 Å². The zero-order valence-corrected chi connectivity index (χ0v) is 11.7. The van der Waals surface area contributed by atoms with E-state index in [-0.39, 0.29) is 22.7 Å². The summed E-state index contributed by atoms with van der Waals surface area (Å²) in [5.74, 6) is 0.487. The highest BCUT2D eigenvalue weighted by molar-refractivity contribution is 9.10. The van der Waals surface area contributed by atoms with Crippen LogP contribution in [-0.4, -0.2) is 19.9 Å². The number of nitrogens with one attached hydrogen (secondary N) is 2.